The molecule has 0 aliphatic carbocycles. The van der Waals surface area contributed by atoms with E-state index in [0.29, 0.717) is 19.7 Å². The molecule has 5 heteroatoms. The third kappa shape index (κ3) is 2.56. The molecule has 3 rings (SSSR count). The molecule has 0 unspecified atom stereocenters. The number of hydrogen-bond acceptors (Lipinski definition) is 4. The number of morpholine rings is 1. The lowest BCUT2D eigenvalue weighted by atomic mass is 10.1. The number of aromatic nitrogens is 1. The summed E-state index contributed by atoms with van der Waals surface area (Å²) in [7, 11) is 0. The summed E-state index contributed by atoms with van der Waals surface area (Å²) < 4.78 is 5.52. The highest BCUT2D eigenvalue weighted by molar-refractivity contribution is 7.20. The largest absolute Gasteiger partial charge is 0.375 e. The molecule has 0 bridgehead atoms. The summed E-state index contributed by atoms with van der Waals surface area (Å²) in [5.41, 5.74) is 3.25. The van der Waals surface area contributed by atoms with E-state index in [0.717, 1.165) is 26.4 Å². The number of amides is 1. The molecule has 0 spiro atoms. The standard InChI is InChI=1S/C16H20N2O2S/c1-9-7-10(2)17-15-13(9)12(4)14(21-15)16(19)18-5-6-20-11(3)8-18/h7,11H,5-6,8H2,1-4H3/t11-/m0/s1. The van der Waals surface area contributed by atoms with E-state index in [1.807, 2.05) is 25.7 Å². The van der Waals surface area contributed by atoms with Crippen molar-refractivity contribution in [3.05, 3.63) is 27.8 Å². The van der Waals surface area contributed by atoms with E-state index < -0.39 is 0 Å². The summed E-state index contributed by atoms with van der Waals surface area (Å²) in [5.74, 6) is 0.114. The lowest BCUT2D eigenvalue weighted by Crippen LogP contribution is -2.44. The molecule has 3 heterocycles. The predicted octanol–water partition coefficient (Wildman–Crippen LogP) is 3.08. The number of hydrogen-bond donors (Lipinski definition) is 0. The van der Waals surface area contributed by atoms with Crippen LogP contribution in [0.5, 0.6) is 0 Å². The van der Waals surface area contributed by atoms with E-state index in [9.17, 15) is 4.79 Å². The van der Waals surface area contributed by atoms with Gasteiger partial charge in [0, 0.05) is 24.2 Å². The number of aryl methyl sites for hydroxylation is 3. The van der Waals surface area contributed by atoms with Crippen molar-refractivity contribution < 1.29 is 9.53 Å². The number of carbonyl (C=O) groups is 1. The van der Waals surface area contributed by atoms with Crippen LogP contribution >= 0.6 is 11.3 Å². The van der Waals surface area contributed by atoms with Gasteiger partial charge in [-0.3, -0.25) is 4.79 Å². The number of thiophene rings is 1. The van der Waals surface area contributed by atoms with Gasteiger partial charge in [0.15, 0.2) is 0 Å². The van der Waals surface area contributed by atoms with Crippen LogP contribution in [0.1, 0.15) is 33.4 Å². The average Bonchev–Trinajstić information content (AvgIpc) is 2.75. The summed E-state index contributed by atoms with van der Waals surface area (Å²) in [6.45, 7) is 10.1. The maximum absolute atomic E-state index is 12.8. The highest BCUT2D eigenvalue weighted by Crippen LogP contribution is 2.33. The van der Waals surface area contributed by atoms with E-state index in [1.54, 1.807) is 0 Å². The van der Waals surface area contributed by atoms with Gasteiger partial charge in [-0.1, -0.05) is 0 Å². The fraction of sp³-hybridized carbons (Fsp3) is 0.500. The van der Waals surface area contributed by atoms with Gasteiger partial charge in [0.25, 0.3) is 5.91 Å². The maximum Gasteiger partial charge on any atom is 0.264 e. The summed E-state index contributed by atoms with van der Waals surface area (Å²) >= 11 is 1.51. The van der Waals surface area contributed by atoms with Gasteiger partial charge in [-0.2, -0.15) is 0 Å². The van der Waals surface area contributed by atoms with E-state index >= 15 is 0 Å². The quantitative estimate of drug-likeness (QED) is 0.813. The minimum Gasteiger partial charge on any atom is -0.375 e. The second-order valence-corrected chi connectivity index (χ2v) is 6.75. The Balaban J connectivity index is 2.02. The van der Waals surface area contributed by atoms with Crippen molar-refractivity contribution in [1.29, 1.82) is 0 Å². The van der Waals surface area contributed by atoms with Gasteiger partial charge < -0.3 is 9.64 Å². The Kier molecular flexibility index (Phi) is 3.71. The van der Waals surface area contributed by atoms with Gasteiger partial charge in [0.1, 0.15) is 4.83 Å². The van der Waals surface area contributed by atoms with Gasteiger partial charge in [0.05, 0.1) is 17.6 Å². The van der Waals surface area contributed by atoms with Crippen LogP contribution < -0.4 is 0 Å². The van der Waals surface area contributed by atoms with Gasteiger partial charge >= 0.3 is 0 Å². The molecule has 21 heavy (non-hydrogen) atoms. The summed E-state index contributed by atoms with van der Waals surface area (Å²) in [5, 5.41) is 1.13. The van der Waals surface area contributed by atoms with Gasteiger partial charge in [-0.15, -0.1) is 11.3 Å². The summed E-state index contributed by atoms with van der Waals surface area (Å²) in [6, 6.07) is 2.08. The lowest BCUT2D eigenvalue weighted by molar-refractivity contribution is -0.0122. The Hall–Kier alpha value is -1.46. The van der Waals surface area contributed by atoms with Crippen LogP contribution in [0, 0.1) is 20.8 Å². The molecule has 1 amide bonds. The van der Waals surface area contributed by atoms with E-state index in [2.05, 4.69) is 18.0 Å². The van der Waals surface area contributed by atoms with Gasteiger partial charge in [0.2, 0.25) is 0 Å². The second-order valence-electron chi connectivity index (χ2n) is 5.75. The van der Waals surface area contributed by atoms with Gasteiger partial charge in [-0.05, 0) is 44.9 Å². The normalized spacial score (nSPS) is 19.2. The zero-order chi connectivity index (χ0) is 15.1. The number of carbonyl (C=O) groups excluding carboxylic acids is 1. The number of pyridine rings is 1. The Morgan fingerprint density at radius 3 is 2.90 bits per heavy atom. The lowest BCUT2D eigenvalue weighted by Gasteiger charge is -2.31. The molecular weight excluding hydrogens is 284 g/mol. The van der Waals surface area contributed by atoms with Crippen molar-refractivity contribution in [3.63, 3.8) is 0 Å². The SMILES string of the molecule is Cc1cc(C)c2c(C)c(C(=O)N3CCO[C@@H](C)C3)sc2n1. The summed E-state index contributed by atoms with van der Waals surface area (Å²) in [4.78, 5) is 21.1. The van der Waals surface area contributed by atoms with Crippen molar-refractivity contribution in [2.24, 2.45) is 0 Å². The minimum atomic E-state index is 0.111. The third-order valence-electron chi connectivity index (χ3n) is 3.95. The second kappa shape index (κ2) is 5.39. The van der Waals surface area contributed by atoms with Crippen molar-refractivity contribution >= 4 is 27.5 Å². The molecule has 0 radical (unpaired) electrons. The van der Waals surface area contributed by atoms with E-state index in [4.69, 9.17) is 4.74 Å². The zero-order valence-corrected chi connectivity index (χ0v) is 13.7. The molecule has 1 saturated heterocycles. The molecule has 2 aromatic heterocycles. The number of fused-ring (bicyclic) bond motifs is 1. The molecule has 1 atom stereocenters. The highest BCUT2D eigenvalue weighted by Gasteiger charge is 2.26. The van der Waals surface area contributed by atoms with Crippen LogP contribution in [-0.4, -0.2) is 41.6 Å². The average molecular weight is 304 g/mol. The van der Waals surface area contributed by atoms with Crippen LogP contribution in [0.15, 0.2) is 6.07 Å². The van der Waals surface area contributed by atoms with Crippen LogP contribution in [0.25, 0.3) is 10.2 Å². The Labute approximate surface area is 128 Å². The van der Waals surface area contributed by atoms with Crippen molar-refractivity contribution in [2.45, 2.75) is 33.8 Å². The predicted molar refractivity (Wildman–Crippen MR) is 85.1 cm³/mol. The summed E-state index contributed by atoms with van der Waals surface area (Å²) in [6.07, 6.45) is 0.111. The molecule has 1 aliphatic rings. The molecule has 4 nitrogen and oxygen atoms in total. The van der Waals surface area contributed by atoms with Crippen molar-refractivity contribution in [1.82, 2.24) is 9.88 Å². The smallest absolute Gasteiger partial charge is 0.264 e. The van der Waals surface area contributed by atoms with E-state index in [-0.39, 0.29) is 12.0 Å². The monoisotopic (exact) mass is 304 g/mol. The first-order valence-corrected chi connectivity index (χ1v) is 8.07. The topological polar surface area (TPSA) is 42.4 Å². The Bertz CT molecular complexity index is 708. The van der Waals surface area contributed by atoms with Crippen LogP contribution in [-0.2, 0) is 4.74 Å². The molecular formula is C16H20N2O2S. The van der Waals surface area contributed by atoms with E-state index in [1.165, 1.54) is 16.9 Å². The molecule has 0 N–H and O–H groups in total. The van der Waals surface area contributed by atoms with Crippen molar-refractivity contribution in [2.75, 3.05) is 19.7 Å². The van der Waals surface area contributed by atoms with Crippen molar-refractivity contribution in [3.8, 4) is 0 Å². The van der Waals surface area contributed by atoms with Gasteiger partial charge in [-0.25, -0.2) is 4.98 Å². The minimum absolute atomic E-state index is 0.111. The fourth-order valence-electron chi connectivity index (χ4n) is 2.97. The zero-order valence-electron chi connectivity index (χ0n) is 12.9. The molecule has 2 aromatic rings. The van der Waals surface area contributed by atoms with Crippen LogP contribution in [0.4, 0.5) is 0 Å². The molecule has 0 aromatic carbocycles. The highest BCUT2D eigenvalue weighted by atomic mass is 32.1. The first-order valence-electron chi connectivity index (χ1n) is 7.25. The molecule has 112 valence electrons. The molecule has 1 fully saturated rings. The third-order valence-corrected chi connectivity index (χ3v) is 5.12. The maximum atomic E-state index is 12.8. The Morgan fingerprint density at radius 2 is 2.19 bits per heavy atom. The fourth-order valence-corrected chi connectivity index (χ4v) is 4.24. The first kappa shape index (κ1) is 14.5. The first-order chi connectivity index (χ1) is 9.97. The number of rotatable bonds is 1. The molecule has 0 saturated carbocycles. The van der Waals surface area contributed by atoms with Crippen LogP contribution in [0.3, 0.4) is 0 Å². The Morgan fingerprint density at radius 1 is 1.43 bits per heavy atom. The van der Waals surface area contributed by atoms with Crippen LogP contribution in [0.2, 0.25) is 0 Å². The number of ether oxygens (including phenoxy) is 1. The molecule has 1 aliphatic heterocycles. The number of nitrogens with zero attached hydrogens (tertiary/aromatic N) is 2.